The van der Waals surface area contributed by atoms with E-state index in [1.807, 2.05) is 18.2 Å². The second-order valence-corrected chi connectivity index (χ2v) is 4.91. The van der Waals surface area contributed by atoms with E-state index in [9.17, 15) is 5.11 Å². The summed E-state index contributed by atoms with van der Waals surface area (Å²) < 4.78 is 16.0. The molecule has 0 spiro atoms. The van der Waals surface area contributed by atoms with Crippen molar-refractivity contribution in [3.05, 3.63) is 35.0 Å². The number of aryl methyl sites for hydroxylation is 1. The van der Waals surface area contributed by atoms with Gasteiger partial charge in [0.25, 0.3) is 0 Å². The van der Waals surface area contributed by atoms with E-state index in [0.717, 1.165) is 22.4 Å². The fourth-order valence-corrected chi connectivity index (χ4v) is 2.58. The van der Waals surface area contributed by atoms with Gasteiger partial charge in [0.05, 0.1) is 38.8 Å². The van der Waals surface area contributed by atoms with Crippen LogP contribution in [0, 0.1) is 6.92 Å². The van der Waals surface area contributed by atoms with Crippen LogP contribution < -0.4 is 9.47 Å². The molecule has 3 rings (SSSR count). The number of pyridine rings is 1. The molecule has 1 aliphatic heterocycles. The zero-order valence-electron chi connectivity index (χ0n) is 12.3. The fraction of sp³-hybridized carbons (Fsp3) is 0.312. The average molecular weight is 287 g/mol. The molecule has 5 heteroatoms. The van der Waals surface area contributed by atoms with Crippen molar-refractivity contribution >= 4 is 0 Å². The first-order chi connectivity index (χ1) is 10.2. The van der Waals surface area contributed by atoms with E-state index in [1.54, 1.807) is 21.1 Å². The molecule has 5 nitrogen and oxygen atoms in total. The monoisotopic (exact) mass is 287 g/mol. The lowest BCUT2D eigenvalue weighted by Crippen LogP contribution is -1.98. The van der Waals surface area contributed by atoms with Gasteiger partial charge in [0, 0.05) is 16.7 Å². The third-order valence-electron chi connectivity index (χ3n) is 3.71. The predicted molar refractivity (Wildman–Crippen MR) is 77.7 cm³/mol. The molecule has 1 aromatic carbocycles. The number of ether oxygens (including phenoxy) is 3. The summed E-state index contributed by atoms with van der Waals surface area (Å²) in [6, 6.07) is 5.66. The first-order valence-electron chi connectivity index (χ1n) is 6.67. The molecule has 0 saturated carbocycles. The first kappa shape index (κ1) is 13.7. The van der Waals surface area contributed by atoms with Crippen LogP contribution in [-0.2, 0) is 18.0 Å². The van der Waals surface area contributed by atoms with E-state index in [-0.39, 0.29) is 5.75 Å². The molecule has 0 fully saturated rings. The summed E-state index contributed by atoms with van der Waals surface area (Å²) in [5, 5.41) is 10.1. The third-order valence-corrected chi connectivity index (χ3v) is 3.71. The zero-order valence-corrected chi connectivity index (χ0v) is 12.3. The number of rotatable bonds is 3. The second-order valence-electron chi connectivity index (χ2n) is 4.91. The Bertz CT molecular complexity index is 697. The highest BCUT2D eigenvalue weighted by Gasteiger charge is 2.23. The van der Waals surface area contributed by atoms with E-state index in [0.29, 0.717) is 30.4 Å². The summed E-state index contributed by atoms with van der Waals surface area (Å²) in [5.74, 6) is 1.55. The summed E-state index contributed by atoms with van der Waals surface area (Å²) in [7, 11) is 3.21. The molecule has 21 heavy (non-hydrogen) atoms. The molecule has 2 aromatic rings. The van der Waals surface area contributed by atoms with E-state index in [4.69, 9.17) is 14.2 Å². The van der Waals surface area contributed by atoms with Crippen molar-refractivity contribution in [1.29, 1.82) is 0 Å². The van der Waals surface area contributed by atoms with Crippen LogP contribution in [0.25, 0.3) is 11.3 Å². The van der Waals surface area contributed by atoms with Crippen molar-refractivity contribution in [2.75, 3.05) is 14.2 Å². The van der Waals surface area contributed by atoms with Crippen LogP contribution in [0.4, 0.5) is 0 Å². The molecule has 0 saturated heterocycles. The summed E-state index contributed by atoms with van der Waals surface area (Å²) in [6.45, 7) is 2.67. The molecule has 1 N–H and O–H groups in total. The number of aromatic nitrogens is 1. The molecule has 0 amide bonds. The minimum Gasteiger partial charge on any atom is -0.506 e. The summed E-state index contributed by atoms with van der Waals surface area (Å²) in [4.78, 5) is 4.52. The maximum absolute atomic E-state index is 10.1. The number of hydrogen-bond acceptors (Lipinski definition) is 5. The van der Waals surface area contributed by atoms with Crippen molar-refractivity contribution < 1.29 is 19.3 Å². The quantitative estimate of drug-likeness (QED) is 0.940. The minimum absolute atomic E-state index is 0.228. The SMILES string of the molecule is COc1ccc(-c2nc(C)c(O)c3c2COC3)cc1OC. The Morgan fingerprint density at radius 2 is 1.81 bits per heavy atom. The number of fused-ring (bicyclic) bond motifs is 1. The minimum atomic E-state index is 0.228. The number of methoxy groups -OCH3 is 2. The van der Waals surface area contributed by atoms with Gasteiger partial charge in [0.15, 0.2) is 11.5 Å². The maximum Gasteiger partial charge on any atom is 0.161 e. The molecule has 0 radical (unpaired) electrons. The van der Waals surface area contributed by atoms with Crippen LogP contribution in [0.5, 0.6) is 17.2 Å². The lowest BCUT2D eigenvalue weighted by molar-refractivity contribution is 0.133. The van der Waals surface area contributed by atoms with Gasteiger partial charge in [-0.15, -0.1) is 0 Å². The number of nitrogens with zero attached hydrogens (tertiary/aromatic N) is 1. The van der Waals surface area contributed by atoms with Crippen LogP contribution in [-0.4, -0.2) is 24.3 Å². The van der Waals surface area contributed by atoms with Crippen LogP contribution in [0.3, 0.4) is 0 Å². The van der Waals surface area contributed by atoms with Crippen LogP contribution in [0.2, 0.25) is 0 Å². The largest absolute Gasteiger partial charge is 0.506 e. The molecule has 2 heterocycles. The molecule has 0 bridgehead atoms. The highest BCUT2D eigenvalue weighted by atomic mass is 16.5. The van der Waals surface area contributed by atoms with Gasteiger partial charge in [0.2, 0.25) is 0 Å². The van der Waals surface area contributed by atoms with Gasteiger partial charge >= 0.3 is 0 Å². The Morgan fingerprint density at radius 3 is 2.52 bits per heavy atom. The van der Waals surface area contributed by atoms with Crippen molar-refractivity contribution in [3.63, 3.8) is 0 Å². The van der Waals surface area contributed by atoms with Crippen molar-refractivity contribution in [1.82, 2.24) is 4.98 Å². The molecule has 110 valence electrons. The molecule has 0 unspecified atom stereocenters. The van der Waals surface area contributed by atoms with Crippen molar-refractivity contribution in [2.45, 2.75) is 20.1 Å². The van der Waals surface area contributed by atoms with Crippen molar-refractivity contribution in [3.8, 4) is 28.5 Å². The van der Waals surface area contributed by atoms with E-state index >= 15 is 0 Å². The second kappa shape index (κ2) is 5.26. The van der Waals surface area contributed by atoms with E-state index < -0.39 is 0 Å². The highest BCUT2D eigenvalue weighted by molar-refractivity contribution is 5.70. The van der Waals surface area contributed by atoms with E-state index in [1.165, 1.54) is 0 Å². The smallest absolute Gasteiger partial charge is 0.161 e. The average Bonchev–Trinajstić information content (AvgIpc) is 3.00. The van der Waals surface area contributed by atoms with Gasteiger partial charge in [-0.2, -0.15) is 0 Å². The predicted octanol–water partition coefficient (Wildman–Crippen LogP) is 2.81. The Balaban J connectivity index is 2.18. The normalized spacial score (nSPS) is 13.1. The van der Waals surface area contributed by atoms with Gasteiger partial charge in [-0.3, -0.25) is 0 Å². The lowest BCUT2D eigenvalue weighted by atomic mass is 10.0. The van der Waals surface area contributed by atoms with Gasteiger partial charge in [0.1, 0.15) is 5.75 Å². The third kappa shape index (κ3) is 2.19. The van der Waals surface area contributed by atoms with Crippen LogP contribution in [0.1, 0.15) is 16.8 Å². The van der Waals surface area contributed by atoms with Crippen LogP contribution in [0.15, 0.2) is 18.2 Å². The standard InChI is InChI=1S/C16H17NO4/c1-9-16(18)12-8-21-7-11(12)15(17-9)10-4-5-13(19-2)14(6-10)20-3/h4-6,18H,7-8H2,1-3H3. The first-order valence-corrected chi connectivity index (χ1v) is 6.67. The summed E-state index contributed by atoms with van der Waals surface area (Å²) >= 11 is 0. The number of hydrogen-bond donors (Lipinski definition) is 1. The van der Waals surface area contributed by atoms with E-state index in [2.05, 4.69) is 4.98 Å². The number of benzene rings is 1. The van der Waals surface area contributed by atoms with Gasteiger partial charge in [-0.25, -0.2) is 4.98 Å². The molecular weight excluding hydrogens is 270 g/mol. The lowest BCUT2D eigenvalue weighted by Gasteiger charge is -2.13. The maximum atomic E-state index is 10.1. The molecule has 0 aliphatic carbocycles. The molecular formula is C16H17NO4. The Hall–Kier alpha value is -2.27. The van der Waals surface area contributed by atoms with Gasteiger partial charge < -0.3 is 19.3 Å². The Morgan fingerprint density at radius 1 is 1.10 bits per heavy atom. The van der Waals surface area contributed by atoms with Crippen molar-refractivity contribution in [2.24, 2.45) is 0 Å². The Labute approximate surface area is 123 Å². The van der Waals surface area contributed by atoms with Gasteiger partial charge in [-0.05, 0) is 25.1 Å². The topological polar surface area (TPSA) is 60.8 Å². The highest BCUT2D eigenvalue weighted by Crippen LogP contribution is 2.39. The molecule has 1 aromatic heterocycles. The summed E-state index contributed by atoms with van der Waals surface area (Å²) in [6.07, 6.45) is 0. The fourth-order valence-electron chi connectivity index (χ4n) is 2.58. The number of aromatic hydroxyl groups is 1. The van der Waals surface area contributed by atoms with Crippen LogP contribution >= 0.6 is 0 Å². The summed E-state index contributed by atoms with van der Waals surface area (Å²) in [5.41, 5.74) is 4.10. The zero-order chi connectivity index (χ0) is 15.0. The Kier molecular flexibility index (Phi) is 3.43. The van der Waals surface area contributed by atoms with Gasteiger partial charge in [-0.1, -0.05) is 0 Å². The molecule has 0 atom stereocenters. The molecule has 1 aliphatic rings.